The first-order valence-electron chi connectivity index (χ1n) is 10.8. The van der Waals surface area contributed by atoms with Crippen molar-refractivity contribution >= 4 is 23.5 Å². The second-order valence-corrected chi connectivity index (χ2v) is 8.57. The Kier molecular flexibility index (Phi) is 8.97. The van der Waals surface area contributed by atoms with E-state index in [0.717, 1.165) is 66.9 Å². The summed E-state index contributed by atoms with van der Waals surface area (Å²) in [5.41, 5.74) is 3.23. The van der Waals surface area contributed by atoms with E-state index in [2.05, 4.69) is 38.5 Å². The van der Waals surface area contributed by atoms with Gasteiger partial charge in [-0.1, -0.05) is 6.07 Å². The van der Waals surface area contributed by atoms with Crippen molar-refractivity contribution in [2.45, 2.75) is 25.8 Å². The van der Waals surface area contributed by atoms with Crippen molar-refractivity contribution in [2.75, 3.05) is 50.9 Å². The molecule has 0 radical (unpaired) electrons. The molecule has 1 aliphatic heterocycles. The molecule has 1 aromatic carbocycles. The zero-order valence-corrected chi connectivity index (χ0v) is 19.5. The molecule has 0 saturated carbocycles. The molecule has 1 aliphatic rings. The maximum Gasteiger partial charge on any atom is 0.191 e. The largest absolute Gasteiger partial charge is 0.357 e. The molecule has 1 saturated heterocycles. The van der Waals surface area contributed by atoms with E-state index in [4.69, 9.17) is 4.99 Å². The van der Waals surface area contributed by atoms with E-state index in [1.807, 2.05) is 31.5 Å². The van der Waals surface area contributed by atoms with E-state index in [1.54, 1.807) is 17.8 Å². The molecule has 168 valence electrons. The summed E-state index contributed by atoms with van der Waals surface area (Å²) in [5.74, 6) is 2.36. The number of nitrogens with zero attached hydrogens (tertiary/aromatic N) is 4. The number of nitrogens with one attached hydrogen (secondary N) is 2. The van der Waals surface area contributed by atoms with Crippen molar-refractivity contribution < 1.29 is 4.39 Å². The number of likely N-dealkylation sites (N-methyl/N-ethyl adjacent to an activating group) is 1. The Morgan fingerprint density at radius 1 is 1.13 bits per heavy atom. The third-order valence-electron chi connectivity index (χ3n) is 5.32. The molecule has 8 heteroatoms. The molecule has 0 aliphatic carbocycles. The van der Waals surface area contributed by atoms with Crippen LogP contribution in [-0.2, 0) is 18.8 Å². The van der Waals surface area contributed by atoms with Gasteiger partial charge >= 0.3 is 0 Å². The van der Waals surface area contributed by atoms with Gasteiger partial charge in [-0.05, 0) is 61.2 Å². The van der Waals surface area contributed by atoms with E-state index in [9.17, 15) is 4.39 Å². The summed E-state index contributed by atoms with van der Waals surface area (Å²) in [6.07, 6.45) is 3.89. The Morgan fingerprint density at radius 3 is 2.68 bits per heavy atom. The average Bonchev–Trinajstić information content (AvgIpc) is 2.77. The number of guanidine groups is 1. The fourth-order valence-electron chi connectivity index (χ4n) is 3.52. The van der Waals surface area contributed by atoms with Gasteiger partial charge in [0, 0.05) is 51.2 Å². The van der Waals surface area contributed by atoms with E-state index >= 15 is 0 Å². The Morgan fingerprint density at radius 2 is 1.94 bits per heavy atom. The molecule has 2 N–H and O–H groups in total. The van der Waals surface area contributed by atoms with Gasteiger partial charge in [0.15, 0.2) is 5.96 Å². The van der Waals surface area contributed by atoms with E-state index < -0.39 is 0 Å². The van der Waals surface area contributed by atoms with Crippen LogP contribution in [0.4, 0.5) is 10.2 Å². The van der Waals surface area contributed by atoms with E-state index in [-0.39, 0.29) is 5.82 Å². The number of benzene rings is 1. The maximum atomic E-state index is 13.6. The summed E-state index contributed by atoms with van der Waals surface area (Å²) in [5, 5.41) is 6.68. The van der Waals surface area contributed by atoms with Crippen LogP contribution in [0, 0.1) is 5.82 Å². The monoisotopic (exact) mass is 444 g/mol. The van der Waals surface area contributed by atoms with Crippen LogP contribution >= 0.6 is 11.8 Å². The highest BCUT2D eigenvalue weighted by molar-refractivity contribution is 7.97. The Labute approximate surface area is 189 Å². The summed E-state index contributed by atoms with van der Waals surface area (Å²) < 4.78 is 13.6. The van der Waals surface area contributed by atoms with Gasteiger partial charge in [-0.15, -0.1) is 0 Å². The maximum absolute atomic E-state index is 13.6. The molecular formula is C23H33FN6S. The highest BCUT2D eigenvalue weighted by Crippen LogP contribution is 2.17. The molecule has 0 spiro atoms. The van der Waals surface area contributed by atoms with Gasteiger partial charge in [0.2, 0.25) is 0 Å². The first-order chi connectivity index (χ1) is 15.1. The van der Waals surface area contributed by atoms with E-state index in [0.29, 0.717) is 13.1 Å². The predicted octanol–water partition coefficient (Wildman–Crippen LogP) is 3.09. The zero-order chi connectivity index (χ0) is 22.1. The lowest BCUT2D eigenvalue weighted by Crippen LogP contribution is -2.44. The van der Waals surface area contributed by atoms with Crippen molar-refractivity contribution in [3.05, 3.63) is 59.0 Å². The number of thioether (sulfide) groups is 1. The highest BCUT2D eigenvalue weighted by Gasteiger charge is 2.15. The molecule has 3 rings (SSSR count). The predicted molar refractivity (Wildman–Crippen MR) is 129 cm³/mol. The quantitative estimate of drug-likeness (QED) is 0.482. The Balaban J connectivity index is 1.64. The normalized spacial score (nSPS) is 15.2. The zero-order valence-electron chi connectivity index (χ0n) is 18.7. The average molecular weight is 445 g/mol. The summed E-state index contributed by atoms with van der Waals surface area (Å²) in [7, 11) is 2.15. The molecule has 31 heavy (non-hydrogen) atoms. The SMILES string of the molecule is CCNC(=NCc1ccnc(N2CCN(C)CC2)c1)NCc1ccc(F)cc1CSC. The molecule has 0 bridgehead atoms. The van der Waals surface area contributed by atoms with Crippen molar-refractivity contribution in [3.63, 3.8) is 0 Å². The third kappa shape index (κ3) is 7.11. The van der Waals surface area contributed by atoms with Crippen molar-refractivity contribution in [3.8, 4) is 0 Å². The fourth-order valence-corrected chi connectivity index (χ4v) is 4.10. The molecule has 2 aromatic rings. The van der Waals surface area contributed by atoms with Crippen molar-refractivity contribution in [2.24, 2.45) is 4.99 Å². The number of piperazine rings is 1. The van der Waals surface area contributed by atoms with Gasteiger partial charge in [-0.25, -0.2) is 14.4 Å². The number of hydrogen-bond donors (Lipinski definition) is 2. The van der Waals surface area contributed by atoms with Gasteiger partial charge in [-0.3, -0.25) is 0 Å². The molecule has 2 heterocycles. The van der Waals surface area contributed by atoms with Gasteiger partial charge in [0.05, 0.1) is 6.54 Å². The fraction of sp³-hybridized carbons (Fsp3) is 0.478. The molecule has 0 amide bonds. The first kappa shape index (κ1) is 23.3. The van der Waals surface area contributed by atoms with Crippen LogP contribution < -0.4 is 15.5 Å². The second-order valence-electron chi connectivity index (χ2n) is 7.71. The number of pyridine rings is 1. The lowest BCUT2D eigenvalue weighted by Gasteiger charge is -2.33. The summed E-state index contributed by atoms with van der Waals surface area (Å²) in [6.45, 7) is 8.10. The number of rotatable bonds is 8. The lowest BCUT2D eigenvalue weighted by molar-refractivity contribution is 0.312. The van der Waals surface area contributed by atoms with Crippen LogP contribution in [0.5, 0.6) is 0 Å². The molecule has 6 nitrogen and oxygen atoms in total. The minimum atomic E-state index is -0.192. The smallest absolute Gasteiger partial charge is 0.191 e. The summed E-state index contributed by atoms with van der Waals surface area (Å²) >= 11 is 1.69. The highest BCUT2D eigenvalue weighted by atomic mass is 32.2. The molecule has 1 aromatic heterocycles. The van der Waals surface area contributed by atoms with Crippen LogP contribution in [0.25, 0.3) is 0 Å². The minimum absolute atomic E-state index is 0.192. The van der Waals surface area contributed by atoms with Crippen LogP contribution in [0.1, 0.15) is 23.6 Å². The number of hydrogen-bond acceptors (Lipinski definition) is 5. The van der Waals surface area contributed by atoms with Crippen LogP contribution in [0.3, 0.4) is 0 Å². The standard InChI is InChI=1S/C23H33FN6S/c1-4-25-23(28-16-19-5-6-21(24)14-20(19)17-31-3)27-15-18-7-8-26-22(13-18)30-11-9-29(2)10-12-30/h5-8,13-14H,4,9-12,15-17H2,1-3H3,(H2,25,27,28). The molecule has 1 fully saturated rings. The van der Waals surface area contributed by atoms with E-state index in [1.165, 1.54) is 6.07 Å². The first-order valence-corrected chi connectivity index (χ1v) is 12.1. The summed E-state index contributed by atoms with van der Waals surface area (Å²) in [4.78, 5) is 14.0. The Hall–Kier alpha value is -2.32. The molecule has 0 atom stereocenters. The number of halogens is 1. The van der Waals surface area contributed by atoms with Crippen molar-refractivity contribution in [1.29, 1.82) is 0 Å². The number of aliphatic imine (C=N–C) groups is 1. The topological polar surface area (TPSA) is 55.8 Å². The number of aromatic nitrogens is 1. The minimum Gasteiger partial charge on any atom is -0.357 e. The third-order valence-corrected chi connectivity index (χ3v) is 5.92. The van der Waals surface area contributed by atoms with Crippen LogP contribution in [-0.4, -0.2) is 61.9 Å². The van der Waals surface area contributed by atoms with Gasteiger partial charge in [-0.2, -0.15) is 11.8 Å². The lowest BCUT2D eigenvalue weighted by atomic mass is 10.1. The number of anilines is 1. The van der Waals surface area contributed by atoms with Crippen LogP contribution in [0.2, 0.25) is 0 Å². The van der Waals surface area contributed by atoms with Gasteiger partial charge < -0.3 is 20.4 Å². The Bertz CT molecular complexity index is 867. The molecule has 0 unspecified atom stereocenters. The van der Waals surface area contributed by atoms with Crippen molar-refractivity contribution in [1.82, 2.24) is 20.5 Å². The second kappa shape index (κ2) is 11.9. The van der Waals surface area contributed by atoms with Crippen LogP contribution in [0.15, 0.2) is 41.5 Å². The van der Waals surface area contributed by atoms with Gasteiger partial charge in [0.25, 0.3) is 0 Å². The summed E-state index contributed by atoms with van der Waals surface area (Å²) in [6, 6.07) is 9.14. The van der Waals surface area contributed by atoms with Gasteiger partial charge in [0.1, 0.15) is 11.6 Å². The molecular weight excluding hydrogens is 411 g/mol.